The van der Waals surface area contributed by atoms with Crippen LogP contribution >= 0.6 is 23.4 Å². The van der Waals surface area contributed by atoms with Crippen molar-refractivity contribution in [2.75, 3.05) is 18.1 Å². The summed E-state index contributed by atoms with van der Waals surface area (Å²) >= 11 is 7.38. The molecule has 1 aromatic heterocycles. The number of hydrogen-bond donors (Lipinski definition) is 1. The molecule has 1 saturated heterocycles. The summed E-state index contributed by atoms with van der Waals surface area (Å²) < 4.78 is 5.54. The van der Waals surface area contributed by atoms with Crippen LogP contribution in [0.15, 0.2) is 5.03 Å². The molecule has 6 heteroatoms. The number of aromatic nitrogens is 2. The van der Waals surface area contributed by atoms with E-state index in [1.165, 1.54) is 0 Å². The fourth-order valence-corrected chi connectivity index (χ4v) is 2.90. The summed E-state index contributed by atoms with van der Waals surface area (Å²) in [4.78, 5) is 8.13. The Balaban J connectivity index is 2.02. The van der Waals surface area contributed by atoms with Gasteiger partial charge >= 0.3 is 0 Å². The number of rotatable bonds is 3. The topological polar surface area (TPSA) is 61.0 Å². The number of nitrogens with two attached hydrogens (primary N) is 1. The normalized spacial score (nSPS) is 20.2. The number of ether oxygens (including phenoxy) is 1. The highest BCUT2D eigenvalue weighted by Crippen LogP contribution is 2.28. The number of thioether (sulfide) groups is 1. The molecule has 0 spiro atoms. The first kappa shape index (κ1) is 12.0. The van der Waals surface area contributed by atoms with Crippen LogP contribution in [0, 0.1) is 6.92 Å². The standard InChI is InChI=1S/C10H14ClN3OS/c1-6-8(12)9(14-10(11)13-6)16-5-7-3-2-4-15-7/h7H,2-5,12H2,1H3. The molecule has 2 heterocycles. The van der Waals surface area contributed by atoms with E-state index in [0.717, 1.165) is 35.9 Å². The third-order valence-electron chi connectivity index (χ3n) is 2.50. The second-order valence-electron chi connectivity index (χ2n) is 3.74. The number of halogens is 1. The molecule has 0 aromatic carbocycles. The summed E-state index contributed by atoms with van der Waals surface area (Å²) in [7, 11) is 0. The molecule has 1 fully saturated rings. The Morgan fingerprint density at radius 2 is 2.38 bits per heavy atom. The number of nitrogens with zero attached hydrogens (tertiary/aromatic N) is 2. The minimum absolute atomic E-state index is 0.251. The van der Waals surface area contributed by atoms with E-state index in [1.807, 2.05) is 6.92 Å². The van der Waals surface area contributed by atoms with Crippen molar-refractivity contribution in [3.8, 4) is 0 Å². The van der Waals surface area contributed by atoms with E-state index < -0.39 is 0 Å². The van der Waals surface area contributed by atoms with E-state index in [4.69, 9.17) is 22.1 Å². The lowest BCUT2D eigenvalue weighted by Gasteiger charge is -2.10. The van der Waals surface area contributed by atoms with E-state index in [-0.39, 0.29) is 5.28 Å². The molecule has 16 heavy (non-hydrogen) atoms. The molecule has 0 saturated carbocycles. The molecular formula is C10H14ClN3OS. The molecule has 2 N–H and O–H groups in total. The Bertz CT molecular complexity index is 383. The zero-order valence-electron chi connectivity index (χ0n) is 9.07. The highest BCUT2D eigenvalue weighted by molar-refractivity contribution is 7.99. The van der Waals surface area contributed by atoms with Crippen LogP contribution in [0.2, 0.25) is 5.28 Å². The molecule has 4 nitrogen and oxygen atoms in total. The first-order valence-electron chi connectivity index (χ1n) is 5.21. The summed E-state index contributed by atoms with van der Waals surface area (Å²) in [6.45, 7) is 2.70. The number of anilines is 1. The number of hydrogen-bond acceptors (Lipinski definition) is 5. The van der Waals surface area contributed by atoms with E-state index in [2.05, 4.69) is 9.97 Å². The second-order valence-corrected chi connectivity index (χ2v) is 5.09. The minimum atomic E-state index is 0.251. The fraction of sp³-hybridized carbons (Fsp3) is 0.600. The number of aryl methyl sites for hydroxylation is 1. The van der Waals surface area contributed by atoms with Crippen LogP contribution in [0.25, 0.3) is 0 Å². The van der Waals surface area contributed by atoms with Gasteiger partial charge in [0.15, 0.2) is 0 Å². The van der Waals surface area contributed by atoms with Gasteiger partial charge in [-0.05, 0) is 31.4 Å². The Morgan fingerprint density at radius 1 is 1.56 bits per heavy atom. The lowest BCUT2D eigenvalue weighted by Crippen LogP contribution is -2.09. The van der Waals surface area contributed by atoms with Gasteiger partial charge in [0.25, 0.3) is 0 Å². The van der Waals surface area contributed by atoms with Crippen LogP contribution in [-0.4, -0.2) is 28.4 Å². The molecule has 1 aliphatic rings. The summed E-state index contributed by atoms with van der Waals surface area (Å²) in [5.41, 5.74) is 7.24. The van der Waals surface area contributed by atoms with Crippen LogP contribution in [0.5, 0.6) is 0 Å². The van der Waals surface area contributed by atoms with Gasteiger partial charge in [-0.3, -0.25) is 0 Å². The molecule has 0 radical (unpaired) electrons. The molecule has 2 rings (SSSR count). The summed E-state index contributed by atoms with van der Waals surface area (Å²) in [5, 5.41) is 1.01. The minimum Gasteiger partial charge on any atom is -0.395 e. The zero-order valence-corrected chi connectivity index (χ0v) is 10.6. The van der Waals surface area contributed by atoms with Crippen LogP contribution in [0.3, 0.4) is 0 Å². The summed E-state index contributed by atoms with van der Waals surface area (Å²) in [5.74, 6) is 0.872. The van der Waals surface area contributed by atoms with Crippen LogP contribution < -0.4 is 5.73 Å². The lowest BCUT2D eigenvalue weighted by atomic mass is 10.3. The molecule has 1 aromatic rings. The average Bonchev–Trinajstić information content (AvgIpc) is 2.74. The Hall–Kier alpha value is -0.520. The van der Waals surface area contributed by atoms with Gasteiger partial charge in [-0.1, -0.05) is 0 Å². The van der Waals surface area contributed by atoms with Crippen molar-refractivity contribution in [2.45, 2.75) is 30.9 Å². The van der Waals surface area contributed by atoms with Gasteiger partial charge in [0.1, 0.15) is 5.03 Å². The molecule has 0 aliphatic carbocycles. The van der Waals surface area contributed by atoms with Gasteiger partial charge in [-0.15, -0.1) is 11.8 Å². The van der Waals surface area contributed by atoms with Crippen molar-refractivity contribution in [2.24, 2.45) is 0 Å². The third-order valence-corrected chi connectivity index (χ3v) is 3.80. The monoisotopic (exact) mass is 259 g/mol. The van der Waals surface area contributed by atoms with E-state index in [9.17, 15) is 0 Å². The first-order valence-corrected chi connectivity index (χ1v) is 6.57. The summed E-state index contributed by atoms with van der Waals surface area (Å²) in [6, 6.07) is 0. The van der Waals surface area contributed by atoms with Crippen molar-refractivity contribution in [3.63, 3.8) is 0 Å². The molecule has 1 atom stereocenters. The van der Waals surface area contributed by atoms with Gasteiger partial charge in [-0.2, -0.15) is 0 Å². The predicted molar refractivity (Wildman–Crippen MR) is 65.9 cm³/mol. The van der Waals surface area contributed by atoms with Gasteiger partial charge in [0.05, 0.1) is 17.5 Å². The van der Waals surface area contributed by atoms with E-state index >= 15 is 0 Å². The summed E-state index contributed by atoms with van der Waals surface area (Å²) in [6.07, 6.45) is 2.58. The van der Waals surface area contributed by atoms with Crippen molar-refractivity contribution in [1.82, 2.24) is 9.97 Å². The maximum Gasteiger partial charge on any atom is 0.223 e. The van der Waals surface area contributed by atoms with Crippen molar-refractivity contribution in [3.05, 3.63) is 11.0 Å². The van der Waals surface area contributed by atoms with E-state index in [1.54, 1.807) is 11.8 Å². The SMILES string of the molecule is Cc1nc(Cl)nc(SCC2CCCO2)c1N. The highest BCUT2D eigenvalue weighted by atomic mass is 35.5. The van der Waals surface area contributed by atoms with Gasteiger partial charge in [0, 0.05) is 12.4 Å². The van der Waals surface area contributed by atoms with Crippen LogP contribution in [0.4, 0.5) is 5.69 Å². The average molecular weight is 260 g/mol. The largest absolute Gasteiger partial charge is 0.395 e. The molecule has 0 amide bonds. The lowest BCUT2D eigenvalue weighted by molar-refractivity contribution is 0.129. The van der Waals surface area contributed by atoms with Crippen molar-refractivity contribution in [1.29, 1.82) is 0 Å². The van der Waals surface area contributed by atoms with Crippen molar-refractivity contribution >= 4 is 29.1 Å². The van der Waals surface area contributed by atoms with E-state index in [0.29, 0.717) is 11.8 Å². The maximum atomic E-state index is 5.89. The smallest absolute Gasteiger partial charge is 0.223 e. The molecule has 0 bridgehead atoms. The Kier molecular flexibility index (Phi) is 3.89. The van der Waals surface area contributed by atoms with Crippen LogP contribution in [-0.2, 0) is 4.74 Å². The number of nitrogen functional groups attached to an aromatic ring is 1. The highest BCUT2D eigenvalue weighted by Gasteiger charge is 2.17. The molecule has 1 unspecified atom stereocenters. The van der Waals surface area contributed by atoms with Gasteiger partial charge in [0.2, 0.25) is 5.28 Å². The Morgan fingerprint density at radius 3 is 3.06 bits per heavy atom. The predicted octanol–water partition coefficient (Wildman–Crippen LogP) is 2.29. The first-order chi connectivity index (χ1) is 7.66. The molecule has 88 valence electrons. The second kappa shape index (κ2) is 5.21. The third kappa shape index (κ3) is 2.78. The maximum absolute atomic E-state index is 5.89. The quantitative estimate of drug-likeness (QED) is 0.513. The van der Waals surface area contributed by atoms with Crippen molar-refractivity contribution < 1.29 is 4.74 Å². The molecular weight excluding hydrogens is 246 g/mol. The van der Waals surface area contributed by atoms with Crippen LogP contribution in [0.1, 0.15) is 18.5 Å². The molecule has 1 aliphatic heterocycles. The fourth-order valence-electron chi connectivity index (χ4n) is 1.58. The zero-order chi connectivity index (χ0) is 11.5. The van der Waals surface area contributed by atoms with Gasteiger partial charge < -0.3 is 10.5 Å². The van der Waals surface area contributed by atoms with Gasteiger partial charge in [-0.25, -0.2) is 9.97 Å². The Labute approximate surface area is 104 Å².